The minimum atomic E-state index is -0.114. The first kappa shape index (κ1) is 18.0. The zero-order valence-electron chi connectivity index (χ0n) is 14.9. The van der Waals surface area contributed by atoms with E-state index in [2.05, 4.69) is 41.4 Å². The summed E-state index contributed by atoms with van der Waals surface area (Å²) >= 11 is 0. The molecule has 0 aromatic heterocycles. The molecule has 2 aromatic carbocycles. The van der Waals surface area contributed by atoms with Crippen LogP contribution in [0.15, 0.2) is 48.5 Å². The van der Waals surface area contributed by atoms with E-state index in [-0.39, 0.29) is 18.6 Å². The van der Waals surface area contributed by atoms with Crippen molar-refractivity contribution in [1.29, 1.82) is 0 Å². The molecule has 0 radical (unpaired) electrons. The number of amides is 1. The lowest BCUT2D eigenvalue weighted by Gasteiger charge is -2.25. The van der Waals surface area contributed by atoms with Gasteiger partial charge in [-0.05, 0) is 45.1 Å². The first-order valence-corrected chi connectivity index (χ1v) is 8.15. The Morgan fingerprint density at radius 2 is 1.75 bits per heavy atom. The molecule has 24 heavy (non-hydrogen) atoms. The third-order valence-electron chi connectivity index (χ3n) is 4.03. The Labute approximate surface area is 144 Å². The van der Waals surface area contributed by atoms with Gasteiger partial charge in [0.2, 0.25) is 0 Å². The molecule has 1 amide bonds. The lowest BCUT2D eigenvalue weighted by atomic mass is 10.0. The molecule has 4 heteroatoms. The van der Waals surface area contributed by atoms with E-state index in [4.69, 9.17) is 4.74 Å². The molecule has 1 atom stereocenters. The summed E-state index contributed by atoms with van der Waals surface area (Å²) < 4.78 is 5.59. The Bertz CT molecular complexity index is 666. The van der Waals surface area contributed by atoms with Crippen molar-refractivity contribution >= 4 is 5.91 Å². The average molecular weight is 326 g/mol. The molecule has 0 aliphatic heterocycles. The van der Waals surface area contributed by atoms with Crippen molar-refractivity contribution in [3.63, 3.8) is 0 Å². The Kier molecular flexibility index (Phi) is 6.38. The summed E-state index contributed by atoms with van der Waals surface area (Å²) in [5, 5.41) is 2.96. The van der Waals surface area contributed by atoms with Gasteiger partial charge in [0.05, 0.1) is 6.04 Å². The molecule has 4 nitrogen and oxygen atoms in total. The highest BCUT2D eigenvalue weighted by Gasteiger charge is 2.15. The van der Waals surface area contributed by atoms with Crippen molar-refractivity contribution in [2.75, 3.05) is 27.2 Å². The van der Waals surface area contributed by atoms with Gasteiger partial charge in [0, 0.05) is 6.54 Å². The minimum Gasteiger partial charge on any atom is -0.484 e. The van der Waals surface area contributed by atoms with Crippen LogP contribution in [0.25, 0.3) is 0 Å². The van der Waals surface area contributed by atoms with Crippen molar-refractivity contribution in [3.8, 4) is 5.75 Å². The smallest absolute Gasteiger partial charge is 0.258 e. The van der Waals surface area contributed by atoms with Crippen LogP contribution in [0, 0.1) is 13.8 Å². The van der Waals surface area contributed by atoms with Crippen molar-refractivity contribution in [1.82, 2.24) is 10.2 Å². The number of ether oxygens (including phenoxy) is 1. The lowest BCUT2D eigenvalue weighted by molar-refractivity contribution is -0.123. The maximum absolute atomic E-state index is 12.1. The number of likely N-dealkylation sites (N-methyl/N-ethyl adjacent to an activating group) is 1. The van der Waals surface area contributed by atoms with E-state index in [0.717, 1.165) is 11.3 Å². The van der Waals surface area contributed by atoms with E-state index in [1.54, 1.807) is 0 Å². The number of benzene rings is 2. The normalized spacial score (nSPS) is 12.0. The Balaban J connectivity index is 1.88. The van der Waals surface area contributed by atoms with Gasteiger partial charge in [-0.1, -0.05) is 48.0 Å². The molecular formula is C20H26N2O2. The molecule has 1 unspecified atom stereocenters. The van der Waals surface area contributed by atoms with Crippen LogP contribution in [-0.4, -0.2) is 38.1 Å². The quantitative estimate of drug-likeness (QED) is 0.850. The number of rotatable bonds is 7. The highest BCUT2D eigenvalue weighted by Crippen LogP contribution is 2.18. The summed E-state index contributed by atoms with van der Waals surface area (Å²) in [6, 6.07) is 16.2. The summed E-state index contributed by atoms with van der Waals surface area (Å²) in [6.45, 7) is 4.61. The molecule has 1 N–H and O–H groups in total. The fraction of sp³-hybridized carbons (Fsp3) is 0.350. The van der Waals surface area contributed by atoms with Crippen LogP contribution in [0.3, 0.4) is 0 Å². The van der Waals surface area contributed by atoms with Gasteiger partial charge in [0.15, 0.2) is 6.61 Å². The summed E-state index contributed by atoms with van der Waals surface area (Å²) in [4.78, 5) is 14.2. The monoisotopic (exact) mass is 326 g/mol. The maximum Gasteiger partial charge on any atom is 0.258 e. The van der Waals surface area contributed by atoms with E-state index in [9.17, 15) is 4.79 Å². The third-order valence-corrected chi connectivity index (χ3v) is 4.03. The molecule has 0 fully saturated rings. The van der Waals surface area contributed by atoms with E-state index in [1.165, 1.54) is 11.1 Å². The largest absolute Gasteiger partial charge is 0.484 e. The predicted octanol–water partition coefficient (Wildman–Crippen LogP) is 3.10. The molecular weight excluding hydrogens is 300 g/mol. The van der Waals surface area contributed by atoms with E-state index >= 15 is 0 Å². The van der Waals surface area contributed by atoms with Crippen molar-refractivity contribution in [2.24, 2.45) is 0 Å². The topological polar surface area (TPSA) is 41.6 Å². The van der Waals surface area contributed by atoms with Gasteiger partial charge < -0.3 is 15.0 Å². The maximum atomic E-state index is 12.1. The number of para-hydroxylation sites is 1. The predicted molar refractivity (Wildman–Crippen MR) is 97.3 cm³/mol. The van der Waals surface area contributed by atoms with Crippen molar-refractivity contribution in [3.05, 3.63) is 65.2 Å². The van der Waals surface area contributed by atoms with Crippen LogP contribution in [0.5, 0.6) is 5.75 Å². The second-order valence-electron chi connectivity index (χ2n) is 6.25. The number of hydrogen-bond acceptors (Lipinski definition) is 3. The summed E-state index contributed by atoms with van der Waals surface area (Å²) in [5.74, 6) is 0.632. The SMILES string of the molecule is Cc1ccc(C(CNC(=O)COc2ccccc2C)N(C)C)cc1. The summed E-state index contributed by atoms with van der Waals surface area (Å²) in [5.41, 5.74) is 3.44. The van der Waals surface area contributed by atoms with Crippen LogP contribution < -0.4 is 10.1 Å². The molecule has 2 aromatic rings. The molecule has 0 heterocycles. The fourth-order valence-electron chi connectivity index (χ4n) is 2.51. The highest BCUT2D eigenvalue weighted by atomic mass is 16.5. The Hall–Kier alpha value is -2.33. The molecule has 0 saturated heterocycles. The van der Waals surface area contributed by atoms with E-state index in [0.29, 0.717) is 6.54 Å². The van der Waals surface area contributed by atoms with Crippen molar-refractivity contribution in [2.45, 2.75) is 19.9 Å². The Morgan fingerprint density at radius 1 is 1.08 bits per heavy atom. The van der Waals surface area contributed by atoms with Crippen LogP contribution in [0.2, 0.25) is 0 Å². The summed E-state index contributed by atoms with van der Waals surface area (Å²) in [7, 11) is 4.03. The number of carbonyl (C=O) groups excluding carboxylic acids is 1. The average Bonchev–Trinajstić information content (AvgIpc) is 2.55. The molecule has 0 saturated carbocycles. The number of aryl methyl sites for hydroxylation is 2. The second-order valence-corrected chi connectivity index (χ2v) is 6.25. The third kappa shape index (κ3) is 5.10. The fourth-order valence-corrected chi connectivity index (χ4v) is 2.51. The van der Waals surface area contributed by atoms with Crippen LogP contribution in [0.4, 0.5) is 0 Å². The van der Waals surface area contributed by atoms with Gasteiger partial charge in [-0.25, -0.2) is 0 Å². The molecule has 0 spiro atoms. The van der Waals surface area contributed by atoms with E-state index in [1.807, 2.05) is 45.3 Å². The van der Waals surface area contributed by atoms with Gasteiger partial charge in [0.25, 0.3) is 5.91 Å². The first-order valence-electron chi connectivity index (χ1n) is 8.15. The van der Waals surface area contributed by atoms with Crippen LogP contribution in [-0.2, 0) is 4.79 Å². The zero-order chi connectivity index (χ0) is 17.5. The van der Waals surface area contributed by atoms with Gasteiger partial charge in [-0.2, -0.15) is 0 Å². The first-order chi connectivity index (χ1) is 11.5. The van der Waals surface area contributed by atoms with Gasteiger partial charge in [0.1, 0.15) is 5.75 Å². The van der Waals surface area contributed by atoms with E-state index < -0.39 is 0 Å². The van der Waals surface area contributed by atoms with Gasteiger partial charge in [-0.3, -0.25) is 4.79 Å². The highest BCUT2D eigenvalue weighted by molar-refractivity contribution is 5.77. The van der Waals surface area contributed by atoms with Crippen LogP contribution in [0.1, 0.15) is 22.7 Å². The number of hydrogen-bond donors (Lipinski definition) is 1. The molecule has 0 bridgehead atoms. The zero-order valence-corrected chi connectivity index (χ0v) is 14.9. The van der Waals surface area contributed by atoms with Gasteiger partial charge in [-0.15, -0.1) is 0 Å². The van der Waals surface area contributed by atoms with Crippen LogP contribution >= 0.6 is 0 Å². The Morgan fingerprint density at radius 3 is 2.38 bits per heavy atom. The second kappa shape index (κ2) is 8.50. The standard InChI is InChI=1S/C20H26N2O2/c1-15-9-11-17(12-10-15)18(22(3)4)13-21-20(23)14-24-19-8-6-5-7-16(19)2/h5-12,18H,13-14H2,1-4H3,(H,21,23). The number of nitrogens with zero attached hydrogens (tertiary/aromatic N) is 1. The van der Waals surface area contributed by atoms with Crippen molar-refractivity contribution < 1.29 is 9.53 Å². The molecule has 0 aliphatic rings. The lowest BCUT2D eigenvalue weighted by Crippen LogP contribution is -2.36. The molecule has 0 aliphatic carbocycles. The molecule has 2 rings (SSSR count). The van der Waals surface area contributed by atoms with Gasteiger partial charge >= 0.3 is 0 Å². The molecule has 128 valence electrons. The number of carbonyl (C=O) groups is 1. The minimum absolute atomic E-state index is 0.0267. The number of nitrogens with one attached hydrogen (secondary N) is 1. The summed E-state index contributed by atoms with van der Waals surface area (Å²) in [6.07, 6.45) is 0.